The number of para-hydroxylation sites is 4. The lowest BCUT2D eigenvalue weighted by Gasteiger charge is -2.13. The van der Waals surface area contributed by atoms with Crippen molar-refractivity contribution in [3.63, 3.8) is 0 Å². The van der Waals surface area contributed by atoms with Gasteiger partial charge in [0.2, 0.25) is 0 Å². The molecule has 14 nitrogen and oxygen atoms in total. The van der Waals surface area contributed by atoms with E-state index in [0.717, 1.165) is 94.5 Å². The van der Waals surface area contributed by atoms with E-state index in [9.17, 15) is 0 Å². The summed E-state index contributed by atoms with van der Waals surface area (Å²) in [6.45, 7) is 0. The molecule has 0 unspecified atom stereocenters. The molecule has 0 saturated heterocycles. The molecule has 136 heavy (non-hydrogen) atoms. The maximum absolute atomic E-state index is 4.82. The zero-order chi connectivity index (χ0) is 88.4. The molecule has 0 amide bonds. The van der Waals surface area contributed by atoms with Crippen LogP contribution in [0.25, 0.3) is 232 Å². The molecule has 14 heteroatoms. The van der Waals surface area contributed by atoms with Gasteiger partial charge in [-0.1, -0.05) is 206 Å². The topological polar surface area (TPSA) is 131 Å². The number of benzene rings is 14. The first-order chi connectivity index (χ1) is 67.5. The molecule has 14 aromatic carbocycles. The fraction of sp³-hybridized carbons (Fsp3) is 0.0492. The maximum Gasteiger partial charge on any atom is 0.146 e. The van der Waals surface area contributed by atoms with Crippen molar-refractivity contribution in [3.05, 3.63) is 444 Å². The molecule has 0 bridgehead atoms. The van der Waals surface area contributed by atoms with E-state index < -0.39 is 0 Å². The lowest BCUT2D eigenvalue weighted by Crippen LogP contribution is -1.96. The van der Waals surface area contributed by atoms with Gasteiger partial charge in [-0.25, -0.2) is 39.9 Å². The minimum atomic E-state index is 0.891. The maximum atomic E-state index is 4.82. The number of pyridine rings is 8. The molecule has 0 aliphatic heterocycles. The smallest absolute Gasteiger partial charge is 0.146 e. The Kier molecular flexibility index (Phi) is 15.1. The minimum absolute atomic E-state index is 0.891. The van der Waals surface area contributed by atoms with Crippen LogP contribution in [0.5, 0.6) is 0 Å². The van der Waals surface area contributed by atoms with Crippen LogP contribution in [-0.2, 0) is 38.5 Å². The number of fused-ring (bicyclic) bond motifs is 55. The van der Waals surface area contributed by atoms with Gasteiger partial charge in [0, 0.05) is 156 Å². The van der Waals surface area contributed by atoms with Gasteiger partial charge in [-0.3, -0.25) is 17.6 Å². The normalized spacial score (nSPS) is 13.1. The van der Waals surface area contributed by atoms with Crippen LogP contribution in [0.3, 0.4) is 0 Å². The monoisotopic (exact) mass is 1730 g/mol. The van der Waals surface area contributed by atoms with Gasteiger partial charge >= 0.3 is 0 Å². The molecule has 28 aromatic rings. The fourth-order valence-electron chi connectivity index (χ4n) is 25.0. The first kappa shape index (κ1) is 73.9. The molecular formula is C122H74N14. The highest BCUT2D eigenvalue weighted by molar-refractivity contribution is 6.24. The Hall–Kier alpha value is -17.9. The van der Waals surface area contributed by atoms with E-state index in [-0.39, 0.29) is 0 Å². The van der Waals surface area contributed by atoms with Crippen molar-refractivity contribution in [1.82, 2.24) is 66.6 Å². The van der Waals surface area contributed by atoms with Crippen molar-refractivity contribution >= 4 is 153 Å². The highest BCUT2D eigenvalue weighted by atomic mass is 15.1. The Bertz CT molecular complexity index is 10200. The van der Waals surface area contributed by atoms with Crippen LogP contribution >= 0.6 is 0 Å². The molecule has 34 rings (SSSR count). The summed E-state index contributed by atoms with van der Waals surface area (Å²) in [6.07, 6.45) is 28.9. The molecular weight excluding hydrogens is 1660 g/mol. The summed E-state index contributed by atoms with van der Waals surface area (Å²) in [6, 6.07) is 111. The number of hydrogen-bond acceptors (Lipinski definition) is 8. The second-order valence-corrected chi connectivity index (χ2v) is 37.1. The van der Waals surface area contributed by atoms with Crippen LogP contribution in [0.1, 0.15) is 66.8 Å². The van der Waals surface area contributed by atoms with Gasteiger partial charge in [-0.15, -0.1) is 0 Å². The minimum Gasteiger partial charge on any atom is -0.309 e. The third-order valence-electron chi connectivity index (χ3n) is 30.5. The van der Waals surface area contributed by atoms with Crippen LogP contribution in [0, 0.1) is 0 Å². The van der Waals surface area contributed by atoms with Crippen molar-refractivity contribution in [1.29, 1.82) is 0 Å². The Morgan fingerprint density at radius 3 is 1.08 bits per heavy atom. The molecule has 6 aliphatic carbocycles. The highest BCUT2D eigenvalue weighted by Crippen LogP contribution is 2.55. The van der Waals surface area contributed by atoms with Crippen LogP contribution < -0.4 is 0 Å². The van der Waals surface area contributed by atoms with Crippen molar-refractivity contribution in [2.45, 2.75) is 38.5 Å². The van der Waals surface area contributed by atoms with Gasteiger partial charge in [-0.05, 0) is 285 Å². The summed E-state index contributed by atoms with van der Waals surface area (Å²) in [4.78, 5) is 37.8. The average molecular weight is 1740 g/mol. The predicted molar refractivity (Wildman–Crippen MR) is 550 cm³/mol. The number of nitrogens with zero attached hydrogens (tertiary/aromatic N) is 14. The molecule has 14 heterocycles. The van der Waals surface area contributed by atoms with E-state index in [2.05, 4.69) is 316 Å². The second-order valence-electron chi connectivity index (χ2n) is 37.1. The summed E-state index contributed by atoms with van der Waals surface area (Å²) >= 11 is 0. The van der Waals surface area contributed by atoms with Gasteiger partial charge in [0.25, 0.3) is 0 Å². The van der Waals surface area contributed by atoms with Gasteiger partial charge in [0.05, 0.1) is 22.1 Å². The van der Waals surface area contributed by atoms with Crippen LogP contribution in [0.4, 0.5) is 0 Å². The molecule has 0 N–H and O–H groups in total. The summed E-state index contributed by atoms with van der Waals surface area (Å²) in [7, 11) is 0. The average Bonchev–Trinajstić information content (AvgIpc) is 1.54. The lowest BCUT2D eigenvalue weighted by molar-refractivity contribution is 1.16. The fourth-order valence-corrected chi connectivity index (χ4v) is 25.0. The first-order valence-corrected chi connectivity index (χ1v) is 46.8. The SMILES string of the molecule is c1ccc(-n2c3ccccc3c3c4c(ccc32)Cc2c-4ccc3c4cccnc4n4ccnc4c23)cc1.c1ccc(-n2c3ccccc3c3ccc4c(c32)-c2ccc3c5cccnc5n5ccnc5c3c2C4)cc1.c1ccc2c(c1)Cc1c-2ccc2c1Cc1c-2ccc2c3cccnc3n3ccnc3c12.c1ccc2c(c1)Cc1cc3c(cc1-2)-c1ccc2c4cccnc4n4ccnc4c2c1C3. The number of imidazole rings is 4. The molecule has 0 radical (unpaired) electrons. The quantitative estimate of drug-likeness (QED) is 0.156. The first-order valence-electron chi connectivity index (χ1n) is 46.8. The number of hydrogen-bond donors (Lipinski definition) is 0. The Balaban J connectivity index is 0.0000000847. The summed E-state index contributed by atoms with van der Waals surface area (Å²) in [5, 5.41) is 19.8. The standard InChI is InChI=1S/2C33H20N4.2C28H17N3/c1-2-7-21(8-3-1)37-27-11-5-4-9-25(27)31-28(37)15-12-20-19-26-23(29(20)31)14-13-22-24-10-6-16-34-32(24)36-18-17-35-33(36)30(22)26;1-2-7-21(8-3-1)37-28-11-5-4-9-22(28)25-13-12-20-19-27-24(29(20)31(25)37)15-14-23-26-10-6-16-34-32(26)36-18-17-35-33(36)30(23)27;1-2-5-17-16(4-1)14-23-18(17)7-8-19-20-9-10-21-22-6-3-11-29-27(22)31-13-12-30-28(31)26(21)25(20)15-24(19)23;1-2-5-19-16(4-1)12-17-13-18-14-25-20(24(18)15-23(17)19)7-8-21-22-6-3-9-29-27(22)31-11-10-30-28(31)26(21)25/h2*1-18H,19H2;1-13H,14-15H2;1-11,13,15H,12,14H2. The molecule has 632 valence electrons. The molecule has 0 atom stereocenters. The van der Waals surface area contributed by atoms with Crippen molar-refractivity contribution in [2.24, 2.45) is 0 Å². The van der Waals surface area contributed by atoms with Gasteiger partial charge < -0.3 is 9.13 Å². The summed E-state index contributed by atoms with van der Waals surface area (Å²) < 4.78 is 13.4. The van der Waals surface area contributed by atoms with Crippen LogP contribution in [0.15, 0.2) is 378 Å². The van der Waals surface area contributed by atoms with Gasteiger partial charge in [0.15, 0.2) is 0 Å². The highest BCUT2D eigenvalue weighted by Gasteiger charge is 2.35. The largest absolute Gasteiger partial charge is 0.309 e. The van der Waals surface area contributed by atoms with E-state index in [0.29, 0.717) is 0 Å². The predicted octanol–water partition coefficient (Wildman–Crippen LogP) is 27.8. The molecule has 14 aromatic heterocycles. The van der Waals surface area contributed by atoms with E-state index in [1.807, 2.05) is 98.6 Å². The third kappa shape index (κ3) is 10.2. The van der Waals surface area contributed by atoms with E-state index in [4.69, 9.17) is 29.9 Å². The van der Waals surface area contributed by atoms with Gasteiger partial charge in [0.1, 0.15) is 45.2 Å². The van der Waals surface area contributed by atoms with E-state index >= 15 is 0 Å². The third-order valence-corrected chi connectivity index (χ3v) is 30.5. The van der Waals surface area contributed by atoms with E-state index in [1.165, 1.54) is 242 Å². The number of rotatable bonds is 2. The van der Waals surface area contributed by atoms with Crippen molar-refractivity contribution in [2.75, 3.05) is 0 Å². The summed E-state index contributed by atoms with van der Waals surface area (Å²) in [5.74, 6) is 0. The zero-order valence-electron chi connectivity index (χ0n) is 73.3. The Morgan fingerprint density at radius 1 is 0.176 bits per heavy atom. The van der Waals surface area contributed by atoms with Crippen molar-refractivity contribution < 1.29 is 0 Å². The van der Waals surface area contributed by atoms with Crippen molar-refractivity contribution in [3.8, 4) is 78.1 Å². The molecule has 6 aliphatic rings. The van der Waals surface area contributed by atoms with Crippen LogP contribution in [0.2, 0.25) is 0 Å². The Morgan fingerprint density at radius 2 is 0.529 bits per heavy atom. The van der Waals surface area contributed by atoms with Crippen LogP contribution in [-0.4, -0.2) is 66.6 Å². The van der Waals surface area contributed by atoms with E-state index in [1.54, 1.807) is 0 Å². The second kappa shape index (κ2) is 27.9. The molecule has 0 spiro atoms. The Labute approximate surface area is 775 Å². The zero-order valence-corrected chi connectivity index (χ0v) is 73.3. The van der Waals surface area contributed by atoms with Gasteiger partial charge in [-0.2, -0.15) is 0 Å². The molecule has 0 fully saturated rings. The summed E-state index contributed by atoms with van der Waals surface area (Å²) in [5.41, 5.74) is 48.6. The molecule has 0 saturated carbocycles. The lowest BCUT2D eigenvalue weighted by atomic mass is 9.96. The number of aromatic nitrogens is 14.